The zero-order valence-electron chi connectivity index (χ0n) is 25.9. The first-order valence-electron chi connectivity index (χ1n) is 13.9. The number of likely N-dealkylation sites (N-methyl/N-ethyl adjacent to an activating group) is 1. The normalized spacial score (nSPS) is 23.0. The lowest BCUT2D eigenvalue weighted by molar-refractivity contribution is -0.151. The summed E-state index contributed by atoms with van der Waals surface area (Å²) in [6, 6.07) is 6.15. The summed E-state index contributed by atoms with van der Waals surface area (Å²) in [5.41, 5.74) is 1.28. The summed E-state index contributed by atoms with van der Waals surface area (Å²) in [7, 11) is 10.9. The number of benzene rings is 2. The van der Waals surface area contributed by atoms with Crippen molar-refractivity contribution in [2.75, 3.05) is 49.7 Å². The molecule has 2 saturated heterocycles. The molecule has 2 fully saturated rings. The molecular weight excluding hydrogens is 574 g/mol. The predicted octanol–water partition coefficient (Wildman–Crippen LogP) is 3.13. The van der Waals surface area contributed by atoms with Gasteiger partial charge in [0.25, 0.3) is 0 Å². The highest BCUT2D eigenvalue weighted by molar-refractivity contribution is 5.88. The van der Waals surface area contributed by atoms with Crippen LogP contribution in [-0.2, 0) is 19.1 Å². The monoisotopic (exact) mass is 613 g/mol. The standard InChI is InChI=1S/C32H39NO11/c1-33-21-16-20(43-27(34)10-8-18-12-23(37-2)31(41-6)24(13-18)38-3)17-22(33)30(29(21)36)44-28(35)11-9-19-14-25(39-4)32(42-7)26(15-19)40-5/h8-15,20-22,29-30,36H,16-17H2,1-7H3/t20-,21-,22+,29-,30+/m0/s1. The van der Waals surface area contributed by atoms with Crippen molar-refractivity contribution in [2.24, 2.45) is 0 Å². The van der Waals surface area contributed by atoms with Crippen LogP contribution in [0.1, 0.15) is 24.0 Å². The number of hydrogen-bond acceptors (Lipinski definition) is 12. The summed E-state index contributed by atoms with van der Waals surface area (Å²) in [6.07, 6.45) is 4.35. The van der Waals surface area contributed by atoms with Crippen molar-refractivity contribution < 1.29 is 52.6 Å². The molecule has 2 aliphatic rings. The quantitative estimate of drug-likeness (QED) is 0.279. The van der Waals surface area contributed by atoms with Crippen LogP contribution in [0.3, 0.4) is 0 Å². The Morgan fingerprint density at radius 2 is 1.09 bits per heavy atom. The minimum atomic E-state index is -0.943. The number of carbonyl (C=O) groups excluding carboxylic acids is 2. The highest BCUT2D eigenvalue weighted by atomic mass is 16.6. The van der Waals surface area contributed by atoms with Crippen molar-refractivity contribution in [3.63, 3.8) is 0 Å². The molecule has 0 saturated carbocycles. The van der Waals surface area contributed by atoms with Gasteiger partial charge in [-0.25, -0.2) is 9.59 Å². The largest absolute Gasteiger partial charge is 0.493 e. The van der Waals surface area contributed by atoms with Crippen LogP contribution in [0.2, 0.25) is 0 Å². The van der Waals surface area contributed by atoms with Gasteiger partial charge in [-0.05, 0) is 54.6 Å². The summed E-state index contributed by atoms with van der Waals surface area (Å²) in [4.78, 5) is 27.5. The Kier molecular flexibility index (Phi) is 10.6. The molecule has 0 radical (unpaired) electrons. The number of esters is 2. The average molecular weight is 614 g/mol. The minimum absolute atomic E-state index is 0.334. The molecule has 238 valence electrons. The lowest BCUT2D eigenvalue weighted by Crippen LogP contribution is -2.46. The van der Waals surface area contributed by atoms with E-state index in [0.29, 0.717) is 58.5 Å². The highest BCUT2D eigenvalue weighted by Crippen LogP contribution is 2.40. The van der Waals surface area contributed by atoms with Crippen LogP contribution in [0.25, 0.3) is 12.2 Å². The number of rotatable bonds is 12. The first-order valence-corrected chi connectivity index (χ1v) is 13.9. The number of methoxy groups -OCH3 is 6. The van der Waals surface area contributed by atoms with E-state index in [1.54, 1.807) is 36.4 Å². The number of hydrogen-bond donors (Lipinski definition) is 1. The van der Waals surface area contributed by atoms with E-state index in [0.717, 1.165) is 0 Å². The second kappa shape index (κ2) is 14.4. The number of aliphatic hydroxyl groups excluding tert-OH is 1. The van der Waals surface area contributed by atoms with E-state index in [2.05, 4.69) is 0 Å². The first kappa shape index (κ1) is 32.5. The van der Waals surface area contributed by atoms with Crippen molar-refractivity contribution in [3.05, 3.63) is 47.5 Å². The Balaban J connectivity index is 1.39. The second-order valence-corrected chi connectivity index (χ2v) is 10.3. The smallest absolute Gasteiger partial charge is 0.331 e. The number of fused-ring (bicyclic) bond motifs is 2. The van der Waals surface area contributed by atoms with Crippen LogP contribution in [-0.4, -0.2) is 102 Å². The predicted molar refractivity (Wildman–Crippen MR) is 161 cm³/mol. The molecule has 1 N–H and O–H groups in total. The maximum Gasteiger partial charge on any atom is 0.331 e. The number of nitrogens with zero attached hydrogens (tertiary/aromatic N) is 1. The van der Waals surface area contributed by atoms with Crippen molar-refractivity contribution in [1.82, 2.24) is 4.90 Å². The number of ether oxygens (including phenoxy) is 8. The van der Waals surface area contributed by atoms with Gasteiger partial charge in [-0.15, -0.1) is 0 Å². The summed E-state index contributed by atoms with van der Waals surface area (Å²) < 4.78 is 43.6. The molecule has 2 aromatic carbocycles. The average Bonchev–Trinajstić information content (AvgIpc) is 3.15. The molecular formula is C32H39NO11. The Bertz CT molecular complexity index is 1350. The van der Waals surface area contributed by atoms with Gasteiger partial charge in [0, 0.05) is 31.0 Å². The molecule has 2 aromatic rings. The van der Waals surface area contributed by atoms with E-state index in [-0.39, 0.29) is 12.1 Å². The number of carbonyl (C=O) groups is 2. The molecule has 0 unspecified atom stereocenters. The Hall–Kier alpha value is -4.42. The van der Waals surface area contributed by atoms with Crippen LogP contribution in [0.4, 0.5) is 0 Å². The molecule has 0 aliphatic carbocycles. The molecule has 2 heterocycles. The molecule has 0 spiro atoms. The van der Waals surface area contributed by atoms with Gasteiger partial charge in [0.2, 0.25) is 11.5 Å². The Labute approximate surface area is 256 Å². The van der Waals surface area contributed by atoms with E-state index in [1.165, 1.54) is 54.8 Å². The van der Waals surface area contributed by atoms with E-state index >= 15 is 0 Å². The third-order valence-corrected chi connectivity index (χ3v) is 7.90. The van der Waals surface area contributed by atoms with Crippen molar-refractivity contribution in [2.45, 2.75) is 43.2 Å². The molecule has 2 bridgehead atoms. The van der Waals surface area contributed by atoms with Crippen LogP contribution in [0.5, 0.6) is 34.5 Å². The van der Waals surface area contributed by atoms with Gasteiger partial charge >= 0.3 is 11.9 Å². The number of aliphatic hydroxyl groups is 1. The van der Waals surface area contributed by atoms with Crippen molar-refractivity contribution in [1.29, 1.82) is 0 Å². The maximum atomic E-state index is 12.8. The van der Waals surface area contributed by atoms with Crippen LogP contribution in [0, 0.1) is 0 Å². The molecule has 12 nitrogen and oxygen atoms in total. The van der Waals surface area contributed by atoms with Gasteiger partial charge in [0.15, 0.2) is 23.0 Å². The highest BCUT2D eigenvalue weighted by Gasteiger charge is 2.53. The van der Waals surface area contributed by atoms with Crippen molar-refractivity contribution in [3.8, 4) is 34.5 Å². The summed E-state index contributed by atoms with van der Waals surface area (Å²) in [6.45, 7) is 0. The van der Waals surface area contributed by atoms with Gasteiger partial charge in [0.1, 0.15) is 18.3 Å². The molecule has 12 heteroatoms. The molecule has 44 heavy (non-hydrogen) atoms. The Morgan fingerprint density at radius 3 is 1.50 bits per heavy atom. The third kappa shape index (κ3) is 6.87. The van der Waals surface area contributed by atoms with Gasteiger partial charge in [-0.1, -0.05) is 0 Å². The minimum Gasteiger partial charge on any atom is -0.493 e. The molecule has 4 rings (SSSR count). The fourth-order valence-corrected chi connectivity index (χ4v) is 5.75. The van der Waals surface area contributed by atoms with Crippen LogP contribution in [0.15, 0.2) is 36.4 Å². The van der Waals surface area contributed by atoms with Crippen molar-refractivity contribution >= 4 is 24.1 Å². The number of piperidine rings is 1. The van der Waals surface area contributed by atoms with Gasteiger partial charge < -0.3 is 43.0 Å². The Morgan fingerprint density at radius 1 is 0.682 bits per heavy atom. The van der Waals surface area contributed by atoms with E-state index in [9.17, 15) is 14.7 Å². The lowest BCUT2D eigenvalue weighted by Gasteiger charge is -2.35. The van der Waals surface area contributed by atoms with E-state index < -0.39 is 30.3 Å². The van der Waals surface area contributed by atoms with Gasteiger partial charge in [0.05, 0.1) is 48.7 Å². The van der Waals surface area contributed by atoms with Crippen LogP contribution < -0.4 is 28.4 Å². The van der Waals surface area contributed by atoms with Gasteiger partial charge in [-0.3, -0.25) is 4.90 Å². The SMILES string of the molecule is COc1cc(C=CC(=O)O[C@@H]2C[C@@H]3[C@@H](OC(=O)C=Cc4cc(OC)c(OC)c(OC)c4)[C@@H](O)[C@H](C2)N3C)cc(OC)c1OC. The fourth-order valence-electron chi connectivity index (χ4n) is 5.75. The van der Waals surface area contributed by atoms with Crippen LogP contribution >= 0.6 is 0 Å². The molecule has 0 amide bonds. The zero-order valence-corrected chi connectivity index (χ0v) is 25.9. The second-order valence-electron chi connectivity index (χ2n) is 10.3. The third-order valence-electron chi connectivity index (χ3n) is 7.90. The molecule has 0 aromatic heterocycles. The molecule has 5 atom stereocenters. The maximum absolute atomic E-state index is 12.8. The summed E-state index contributed by atoms with van der Waals surface area (Å²) >= 11 is 0. The zero-order chi connectivity index (χ0) is 32.0. The lowest BCUT2D eigenvalue weighted by atomic mass is 10.00. The summed E-state index contributed by atoms with van der Waals surface area (Å²) in [5.74, 6) is 1.53. The summed E-state index contributed by atoms with van der Waals surface area (Å²) in [5, 5.41) is 11.0. The fraction of sp³-hybridized carbons (Fsp3) is 0.438. The molecule has 2 aliphatic heterocycles. The first-order chi connectivity index (χ1) is 21.2. The van der Waals surface area contributed by atoms with Gasteiger partial charge in [-0.2, -0.15) is 0 Å². The topological polar surface area (TPSA) is 131 Å². The van der Waals surface area contributed by atoms with E-state index in [1.807, 2.05) is 11.9 Å². The van der Waals surface area contributed by atoms with E-state index in [4.69, 9.17) is 37.9 Å².